The highest BCUT2D eigenvalue weighted by Crippen LogP contribution is 2.41. The second kappa shape index (κ2) is 7.40. The number of hydrogen-bond acceptors (Lipinski definition) is 3. The second-order valence-electron chi connectivity index (χ2n) is 5.82. The number of ether oxygens (including phenoxy) is 1. The molecule has 0 saturated carbocycles. The third-order valence-electron chi connectivity index (χ3n) is 4.14. The van der Waals surface area contributed by atoms with E-state index in [0.29, 0.717) is 28.8 Å². The minimum atomic E-state index is 0.243. The molecule has 4 aromatic rings. The minimum absolute atomic E-state index is 0.243. The average molecular weight is 384 g/mol. The topological polar surface area (TPSA) is 35.3 Å². The fourth-order valence-electron chi connectivity index (χ4n) is 2.87. The largest absolute Gasteiger partial charge is 0.486 e. The summed E-state index contributed by atoms with van der Waals surface area (Å²) in [5, 5.41) is 2.29. The lowest BCUT2D eigenvalue weighted by molar-refractivity contribution is 0.306. The Hall–Kier alpha value is -2.49. The van der Waals surface area contributed by atoms with Gasteiger partial charge >= 0.3 is 0 Å². The summed E-state index contributed by atoms with van der Waals surface area (Å²) in [6.07, 6.45) is 3.40. The molecule has 0 unspecified atom stereocenters. The zero-order valence-electron chi connectivity index (χ0n) is 13.8. The smallest absolute Gasteiger partial charge is 0.154 e. The average Bonchev–Trinajstić information content (AvgIpc) is 3.11. The van der Waals surface area contributed by atoms with E-state index in [9.17, 15) is 0 Å². The number of halogens is 2. The zero-order valence-corrected chi connectivity index (χ0v) is 15.3. The standard InChI is InChI=1S/C21H15Cl2NO2/c22-10-18-21(25-12-14-6-2-1-3-7-14)19-15(11-24-18)13-26-20(19)16-8-4-5-9-17(16)23/h1-9,11,13H,10,12H2. The number of pyridine rings is 1. The molecule has 0 bridgehead atoms. The van der Waals surface area contributed by atoms with Gasteiger partial charge in [0, 0.05) is 17.1 Å². The Labute approximate surface area is 161 Å². The normalized spacial score (nSPS) is 11.0. The van der Waals surface area contributed by atoms with Crippen molar-refractivity contribution in [3.05, 3.63) is 83.3 Å². The first-order chi connectivity index (χ1) is 12.8. The third-order valence-corrected chi connectivity index (χ3v) is 4.72. The van der Waals surface area contributed by atoms with Gasteiger partial charge in [-0.1, -0.05) is 54.1 Å². The number of hydrogen-bond donors (Lipinski definition) is 0. The van der Waals surface area contributed by atoms with Crippen molar-refractivity contribution in [1.29, 1.82) is 0 Å². The van der Waals surface area contributed by atoms with Crippen molar-refractivity contribution in [2.24, 2.45) is 0 Å². The molecule has 5 heteroatoms. The highest BCUT2D eigenvalue weighted by Gasteiger charge is 2.19. The van der Waals surface area contributed by atoms with Crippen LogP contribution in [0.4, 0.5) is 0 Å². The number of fused-ring (bicyclic) bond motifs is 1. The van der Waals surface area contributed by atoms with Crippen LogP contribution in [0.25, 0.3) is 22.1 Å². The molecular weight excluding hydrogens is 369 g/mol. The Morgan fingerprint density at radius 2 is 1.77 bits per heavy atom. The minimum Gasteiger partial charge on any atom is -0.486 e. The molecule has 2 aromatic heterocycles. The van der Waals surface area contributed by atoms with E-state index in [1.54, 1.807) is 12.5 Å². The molecule has 2 aromatic carbocycles. The van der Waals surface area contributed by atoms with E-state index in [0.717, 1.165) is 21.9 Å². The van der Waals surface area contributed by atoms with E-state index in [1.807, 2.05) is 54.6 Å². The third kappa shape index (κ3) is 3.16. The Bertz CT molecular complexity index is 1040. The monoisotopic (exact) mass is 383 g/mol. The molecule has 2 heterocycles. The first kappa shape index (κ1) is 17.0. The molecule has 0 aliphatic rings. The number of alkyl halides is 1. The maximum atomic E-state index is 6.37. The zero-order chi connectivity index (χ0) is 17.9. The van der Waals surface area contributed by atoms with Crippen molar-refractivity contribution in [3.8, 4) is 17.1 Å². The van der Waals surface area contributed by atoms with Crippen LogP contribution in [0, 0.1) is 0 Å². The van der Waals surface area contributed by atoms with Gasteiger partial charge in [-0.2, -0.15) is 0 Å². The van der Waals surface area contributed by atoms with E-state index in [2.05, 4.69) is 4.98 Å². The Morgan fingerprint density at radius 1 is 1.00 bits per heavy atom. The second-order valence-corrected chi connectivity index (χ2v) is 6.49. The van der Waals surface area contributed by atoms with Gasteiger partial charge in [0.1, 0.15) is 18.6 Å². The maximum Gasteiger partial charge on any atom is 0.154 e. The van der Waals surface area contributed by atoms with E-state index < -0.39 is 0 Å². The SMILES string of the molecule is ClCc1ncc2coc(-c3ccccc3Cl)c2c1OCc1ccccc1. The molecule has 0 aliphatic heterocycles. The summed E-state index contributed by atoms with van der Waals surface area (Å²) >= 11 is 12.5. The number of nitrogens with zero attached hydrogens (tertiary/aromatic N) is 1. The van der Waals surface area contributed by atoms with Crippen molar-refractivity contribution >= 4 is 34.0 Å². The van der Waals surface area contributed by atoms with Gasteiger partial charge in [0.2, 0.25) is 0 Å². The van der Waals surface area contributed by atoms with Gasteiger partial charge in [0.05, 0.1) is 22.0 Å². The van der Waals surface area contributed by atoms with Gasteiger partial charge in [0.15, 0.2) is 5.75 Å². The van der Waals surface area contributed by atoms with Gasteiger partial charge < -0.3 is 9.15 Å². The lowest BCUT2D eigenvalue weighted by atomic mass is 10.1. The van der Waals surface area contributed by atoms with Gasteiger partial charge in [-0.3, -0.25) is 4.98 Å². The fraction of sp³-hybridized carbons (Fsp3) is 0.0952. The summed E-state index contributed by atoms with van der Waals surface area (Å²) in [6.45, 7) is 0.415. The summed E-state index contributed by atoms with van der Waals surface area (Å²) < 4.78 is 12.0. The molecule has 0 amide bonds. The summed E-state index contributed by atoms with van der Waals surface area (Å²) in [5.41, 5.74) is 2.54. The van der Waals surface area contributed by atoms with Crippen molar-refractivity contribution in [2.75, 3.05) is 0 Å². The van der Waals surface area contributed by atoms with Crippen LogP contribution in [-0.4, -0.2) is 4.98 Å². The number of benzene rings is 2. The van der Waals surface area contributed by atoms with E-state index in [-0.39, 0.29) is 5.88 Å². The summed E-state index contributed by atoms with van der Waals surface area (Å²) in [6, 6.07) is 17.5. The van der Waals surface area contributed by atoms with E-state index in [1.165, 1.54) is 0 Å². The molecule has 26 heavy (non-hydrogen) atoms. The molecule has 0 aliphatic carbocycles. The van der Waals surface area contributed by atoms with Crippen LogP contribution >= 0.6 is 23.2 Å². The van der Waals surface area contributed by atoms with Crippen molar-refractivity contribution in [2.45, 2.75) is 12.5 Å². The molecule has 0 spiro atoms. The highest BCUT2D eigenvalue weighted by atomic mass is 35.5. The first-order valence-electron chi connectivity index (χ1n) is 8.14. The van der Waals surface area contributed by atoms with Crippen LogP contribution in [0.5, 0.6) is 5.75 Å². The van der Waals surface area contributed by atoms with E-state index >= 15 is 0 Å². The highest BCUT2D eigenvalue weighted by molar-refractivity contribution is 6.33. The molecule has 0 atom stereocenters. The van der Waals surface area contributed by atoms with Gasteiger partial charge in [-0.15, -0.1) is 11.6 Å². The van der Waals surface area contributed by atoms with E-state index in [4.69, 9.17) is 32.4 Å². The molecule has 0 N–H and O–H groups in total. The molecule has 0 radical (unpaired) electrons. The Balaban J connectivity index is 1.84. The van der Waals surface area contributed by atoms with Gasteiger partial charge in [0.25, 0.3) is 0 Å². The van der Waals surface area contributed by atoms with Crippen LogP contribution in [0.3, 0.4) is 0 Å². The van der Waals surface area contributed by atoms with Crippen LogP contribution in [0.1, 0.15) is 11.3 Å². The molecule has 4 rings (SSSR count). The fourth-order valence-corrected chi connectivity index (χ4v) is 3.29. The van der Waals surface area contributed by atoms with Gasteiger partial charge in [-0.05, 0) is 17.7 Å². The number of rotatable bonds is 5. The van der Waals surface area contributed by atoms with Crippen LogP contribution < -0.4 is 4.74 Å². The molecule has 130 valence electrons. The summed E-state index contributed by atoms with van der Waals surface area (Å²) in [5.74, 6) is 1.53. The molecular formula is C21H15Cl2NO2. The van der Waals surface area contributed by atoms with Crippen molar-refractivity contribution in [1.82, 2.24) is 4.98 Å². The lowest BCUT2D eigenvalue weighted by Gasteiger charge is -2.12. The van der Waals surface area contributed by atoms with Gasteiger partial charge in [-0.25, -0.2) is 0 Å². The predicted octanol–water partition coefficient (Wildman–Crippen LogP) is 6.47. The number of aromatic nitrogens is 1. The molecule has 0 saturated heterocycles. The number of furan rings is 1. The molecule has 3 nitrogen and oxygen atoms in total. The van der Waals surface area contributed by atoms with Crippen molar-refractivity contribution in [3.63, 3.8) is 0 Å². The predicted molar refractivity (Wildman–Crippen MR) is 105 cm³/mol. The van der Waals surface area contributed by atoms with Crippen molar-refractivity contribution < 1.29 is 9.15 Å². The van der Waals surface area contributed by atoms with Crippen LogP contribution in [-0.2, 0) is 12.5 Å². The van der Waals surface area contributed by atoms with Crippen LogP contribution in [0.15, 0.2) is 71.5 Å². The summed E-state index contributed by atoms with van der Waals surface area (Å²) in [7, 11) is 0. The maximum absolute atomic E-state index is 6.37. The lowest BCUT2D eigenvalue weighted by Crippen LogP contribution is -2.00. The summed E-state index contributed by atoms with van der Waals surface area (Å²) in [4.78, 5) is 4.42. The Morgan fingerprint density at radius 3 is 2.54 bits per heavy atom. The Kier molecular flexibility index (Phi) is 4.83. The quantitative estimate of drug-likeness (QED) is 0.370. The first-order valence-corrected chi connectivity index (χ1v) is 9.06. The van der Waals surface area contributed by atoms with Crippen LogP contribution in [0.2, 0.25) is 5.02 Å². The molecule has 0 fully saturated rings.